The summed E-state index contributed by atoms with van der Waals surface area (Å²) in [6, 6.07) is 15.2. The number of para-hydroxylation sites is 2. The van der Waals surface area contributed by atoms with E-state index in [2.05, 4.69) is 4.98 Å². The topological polar surface area (TPSA) is 62.2 Å². The predicted octanol–water partition coefficient (Wildman–Crippen LogP) is 2.99. The molecule has 0 amide bonds. The van der Waals surface area contributed by atoms with E-state index in [1.165, 1.54) is 11.3 Å². The lowest BCUT2D eigenvalue weighted by atomic mass is 10.1. The minimum Gasteiger partial charge on any atom is -0.550 e. The van der Waals surface area contributed by atoms with E-state index in [4.69, 9.17) is 4.74 Å². The van der Waals surface area contributed by atoms with E-state index < -0.39 is 5.97 Å². The Labute approximate surface area is 137 Å². The van der Waals surface area contributed by atoms with Crippen LogP contribution in [0.3, 0.4) is 0 Å². The number of fused-ring (bicyclic) bond motifs is 1. The standard InChI is InChI=1S/C18H15NO3S/c1-22-15-8-4-2-6-12(15)10-13(11-17(20)21)18-19-14-7-3-5-9-16(14)23-18/h2-10H,11H2,1H3,(H,20,21)/p-1/b13-10+. The van der Waals surface area contributed by atoms with Crippen molar-refractivity contribution in [2.24, 2.45) is 0 Å². The summed E-state index contributed by atoms with van der Waals surface area (Å²) in [5, 5.41) is 11.8. The average molecular weight is 324 g/mol. The number of carboxylic acid groups (broad SMARTS) is 1. The highest BCUT2D eigenvalue weighted by atomic mass is 32.1. The van der Waals surface area contributed by atoms with Gasteiger partial charge in [-0.25, -0.2) is 4.98 Å². The summed E-state index contributed by atoms with van der Waals surface area (Å²) in [5.41, 5.74) is 2.28. The smallest absolute Gasteiger partial charge is 0.126 e. The van der Waals surface area contributed by atoms with Crippen LogP contribution in [0.25, 0.3) is 21.9 Å². The second-order valence-corrected chi connectivity index (χ2v) is 5.98. The summed E-state index contributed by atoms with van der Waals surface area (Å²) in [6.07, 6.45) is 1.60. The fourth-order valence-corrected chi connectivity index (χ4v) is 3.31. The summed E-state index contributed by atoms with van der Waals surface area (Å²) in [6.45, 7) is 0. The first-order valence-electron chi connectivity index (χ1n) is 7.07. The van der Waals surface area contributed by atoms with Crippen molar-refractivity contribution in [1.82, 2.24) is 4.98 Å². The molecule has 5 heteroatoms. The van der Waals surface area contributed by atoms with Crippen molar-refractivity contribution >= 4 is 39.2 Å². The number of aromatic nitrogens is 1. The van der Waals surface area contributed by atoms with Gasteiger partial charge < -0.3 is 14.6 Å². The number of carbonyl (C=O) groups is 1. The van der Waals surface area contributed by atoms with E-state index in [0.717, 1.165) is 15.8 Å². The number of hydrogen-bond donors (Lipinski definition) is 0. The minimum atomic E-state index is -1.13. The van der Waals surface area contributed by atoms with Gasteiger partial charge >= 0.3 is 0 Å². The third-order valence-corrected chi connectivity index (χ3v) is 4.48. The predicted molar refractivity (Wildman–Crippen MR) is 90.1 cm³/mol. The van der Waals surface area contributed by atoms with Crippen LogP contribution in [0, 0.1) is 0 Å². The fourth-order valence-electron chi connectivity index (χ4n) is 2.33. The highest BCUT2D eigenvalue weighted by molar-refractivity contribution is 7.19. The monoisotopic (exact) mass is 324 g/mol. The lowest BCUT2D eigenvalue weighted by Crippen LogP contribution is -2.22. The average Bonchev–Trinajstić information content (AvgIpc) is 2.98. The van der Waals surface area contributed by atoms with Crippen molar-refractivity contribution in [2.75, 3.05) is 7.11 Å². The maximum Gasteiger partial charge on any atom is 0.126 e. The molecular weight excluding hydrogens is 310 g/mol. The molecule has 0 saturated heterocycles. The number of benzene rings is 2. The van der Waals surface area contributed by atoms with Crippen LogP contribution < -0.4 is 9.84 Å². The third kappa shape index (κ3) is 3.40. The molecule has 0 saturated carbocycles. The first kappa shape index (κ1) is 15.2. The van der Waals surface area contributed by atoms with E-state index in [1.54, 1.807) is 13.2 Å². The molecule has 0 unspecified atom stereocenters. The SMILES string of the molecule is COc1ccccc1/C=C(\CC(=O)[O-])c1nc2ccccc2s1. The molecule has 0 spiro atoms. The number of carbonyl (C=O) groups excluding carboxylic acids is 1. The molecule has 23 heavy (non-hydrogen) atoms. The molecule has 3 rings (SSSR count). The summed E-state index contributed by atoms with van der Waals surface area (Å²) in [7, 11) is 1.59. The van der Waals surface area contributed by atoms with Crippen LogP contribution in [-0.2, 0) is 4.79 Å². The molecule has 0 radical (unpaired) electrons. The molecule has 0 aliphatic rings. The van der Waals surface area contributed by atoms with Crippen molar-refractivity contribution in [2.45, 2.75) is 6.42 Å². The summed E-state index contributed by atoms with van der Waals surface area (Å²) >= 11 is 1.47. The largest absolute Gasteiger partial charge is 0.550 e. The first-order chi connectivity index (χ1) is 11.2. The summed E-state index contributed by atoms with van der Waals surface area (Å²) in [4.78, 5) is 15.7. The van der Waals surface area contributed by atoms with Crippen LogP contribution in [-0.4, -0.2) is 18.1 Å². The van der Waals surface area contributed by atoms with Gasteiger partial charge in [-0.1, -0.05) is 30.3 Å². The van der Waals surface area contributed by atoms with Gasteiger partial charge in [0.25, 0.3) is 0 Å². The van der Waals surface area contributed by atoms with E-state index >= 15 is 0 Å². The third-order valence-electron chi connectivity index (χ3n) is 3.37. The molecule has 0 aliphatic heterocycles. The number of nitrogens with zero attached hydrogens (tertiary/aromatic N) is 1. The van der Waals surface area contributed by atoms with Crippen LogP contribution in [0.5, 0.6) is 5.75 Å². The van der Waals surface area contributed by atoms with Gasteiger partial charge in [0.1, 0.15) is 10.8 Å². The van der Waals surface area contributed by atoms with Crippen molar-refractivity contribution in [1.29, 1.82) is 0 Å². The molecule has 116 valence electrons. The maximum absolute atomic E-state index is 11.1. The van der Waals surface area contributed by atoms with Gasteiger partial charge in [-0.3, -0.25) is 0 Å². The van der Waals surface area contributed by atoms with Crippen LogP contribution >= 0.6 is 11.3 Å². The zero-order chi connectivity index (χ0) is 16.2. The first-order valence-corrected chi connectivity index (χ1v) is 7.88. The van der Waals surface area contributed by atoms with E-state index in [1.807, 2.05) is 48.5 Å². The van der Waals surface area contributed by atoms with Gasteiger partial charge in [0, 0.05) is 18.0 Å². The molecule has 4 nitrogen and oxygen atoms in total. The van der Waals surface area contributed by atoms with Crippen LogP contribution in [0.1, 0.15) is 17.0 Å². The molecule has 0 aliphatic carbocycles. The molecule has 1 heterocycles. The Bertz CT molecular complexity index is 850. The van der Waals surface area contributed by atoms with Gasteiger partial charge in [0.05, 0.1) is 17.3 Å². The molecule has 0 N–H and O–H groups in total. The molecule has 2 aromatic carbocycles. The molecule has 0 fully saturated rings. The summed E-state index contributed by atoms with van der Waals surface area (Å²) < 4.78 is 6.34. The quantitative estimate of drug-likeness (QED) is 0.724. The fraction of sp³-hybridized carbons (Fsp3) is 0.111. The number of methoxy groups -OCH3 is 1. The van der Waals surface area contributed by atoms with E-state index in [0.29, 0.717) is 16.3 Å². The second kappa shape index (κ2) is 6.62. The Kier molecular flexibility index (Phi) is 4.39. The van der Waals surface area contributed by atoms with Crippen LogP contribution in [0.2, 0.25) is 0 Å². The second-order valence-electron chi connectivity index (χ2n) is 4.95. The van der Waals surface area contributed by atoms with Gasteiger partial charge in [-0.2, -0.15) is 0 Å². The molecular formula is C18H14NO3S-. The van der Waals surface area contributed by atoms with Gasteiger partial charge in [-0.15, -0.1) is 11.3 Å². The van der Waals surface area contributed by atoms with E-state index in [9.17, 15) is 9.90 Å². The number of carboxylic acids is 1. The number of hydrogen-bond acceptors (Lipinski definition) is 5. The normalized spacial score (nSPS) is 11.6. The Balaban J connectivity index is 2.10. The Morgan fingerprint density at radius 2 is 1.96 bits per heavy atom. The molecule has 0 atom stereocenters. The molecule has 1 aromatic heterocycles. The lowest BCUT2D eigenvalue weighted by Gasteiger charge is -2.08. The number of rotatable bonds is 5. The van der Waals surface area contributed by atoms with Crippen molar-refractivity contribution in [3.8, 4) is 5.75 Å². The van der Waals surface area contributed by atoms with Crippen LogP contribution in [0.15, 0.2) is 48.5 Å². The highest BCUT2D eigenvalue weighted by Crippen LogP contribution is 2.31. The number of aliphatic carboxylic acids is 1. The number of ether oxygens (including phenoxy) is 1. The van der Waals surface area contributed by atoms with Gasteiger partial charge in [0.15, 0.2) is 0 Å². The Morgan fingerprint density at radius 3 is 2.70 bits per heavy atom. The van der Waals surface area contributed by atoms with Gasteiger partial charge in [-0.05, 0) is 29.8 Å². The number of thiazole rings is 1. The highest BCUT2D eigenvalue weighted by Gasteiger charge is 2.11. The van der Waals surface area contributed by atoms with Crippen molar-refractivity contribution in [3.05, 3.63) is 59.1 Å². The Hall–Kier alpha value is -2.66. The van der Waals surface area contributed by atoms with Crippen molar-refractivity contribution < 1.29 is 14.6 Å². The zero-order valence-electron chi connectivity index (χ0n) is 12.5. The van der Waals surface area contributed by atoms with E-state index in [-0.39, 0.29) is 6.42 Å². The van der Waals surface area contributed by atoms with Crippen LogP contribution in [0.4, 0.5) is 0 Å². The zero-order valence-corrected chi connectivity index (χ0v) is 13.3. The lowest BCUT2D eigenvalue weighted by molar-refractivity contribution is -0.304. The van der Waals surface area contributed by atoms with Gasteiger partial charge in [0.2, 0.25) is 0 Å². The Morgan fingerprint density at radius 1 is 1.22 bits per heavy atom. The maximum atomic E-state index is 11.1. The summed E-state index contributed by atoms with van der Waals surface area (Å²) in [5.74, 6) is -0.449. The molecule has 3 aromatic rings. The van der Waals surface area contributed by atoms with Crippen molar-refractivity contribution in [3.63, 3.8) is 0 Å². The minimum absolute atomic E-state index is 0.197. The molecule has 0 bridgehead atoms.